The zero-order valence-corrected chi connectivity index (χ0v) is 11.4. The highest BCUT2D eigenvalue weighted by Gasteiger charge is 2.30. The van der Waals surface area contributed by atoms with Crippen LogP contribution in [0.3, 0.4) is 0 Å². The van der Waals surface area contributed by atoms with Crippen molar-refractivity contribution in [2.24, 2.45) is 0 Å². The van der Waals surface area contributed by atoms with E-state index in [-0.39, 0.29) is 17.1 Å². The van der Waals surface area contributed by atoms with E-state index in [2.05, 4.69) is 14.7 Å². The minimum Gasteiger partial charge on any atom is -0.464 e. The van der Waals surface area contributed by atoms with E-state index in [0.717, 1.165) is 12.1 Å². The molecule has 1 aromatic heterocycles. The Bertz CT molecular complexity index is 662. The molecule has 7 heteroatoms. The zero-order chi connectivity index (χ0) is 15.6. The lowest BCUT2D eigenvalue weighted by molar-refractivity contribution is -0.137. The Kier molecular flexibility index (Phi) is 4.02. The number of carbonyl (C=O) groups excluding carboxylic acids is 1. The van der Waals surface area contributed by atoms with Gasteiger partial charge in [0.15, 0.2) is 5.69 Å². The number of hydrogen-bond donors (Lipinski definition) is 1. The number of halogens is 3. The van der Waals surface area contributed by atoms with Crippen molar-refractivity contribution in [1.29, 1.82) is 0 Å². The van der Waals surface area contributed by atoms with Crippen molar-refractivity contribution >= 4 is 5.97 Å². The Balaban J connectivity index is 2.48. The molecule has 0 radical (unpaired) electrons. The molecule has 1 aromatic carbocycles. The summed E-state index contributed by atoms with van der Waals surface area (Å²) in [5.74, 6) is -0.417. The third-order valence-corrected chi connectivity index (χ3v) is 2.97. The topological polar surface area (TPSA) is 55.0 Å². The van der Waals surface area contributed by atoms with Crippen LogP contribution in [0.2, 0.25) is 0 Å². The Morgan fingerprint density at radius 2 is 2.10 bits per heavy atom. The van der Waals surface area contributed by atoms with Gasteiger partial charge >= 0.3 is 12.1 Å². The summed E-state index contributed by atoms with van der Waals surface area (Å²) in [6.07, 6.45) is -3.95. The first-order valence-corrected chi connectivity index (χ1v) is 6.21. The van der Waals surface area contributed by atoms with Gasteiger partial charge in [0.25, 0.3) is 0 Å². The average molecular weight is 298 g/mol. The van der Waals surface area contributed by atoms with Crippen molar-refractivity contribution < 1.29 is 22.7 Å². The summed E-state index contributed by atoms with van der Waals surface area (Å²) >= 11 is 0. The van der Waals surface area contributed by atoms with Gasteiger partial charge in [-0.15, -0.1) is 0 Å². The van der Waals surface area contributed by atoms with Gasteiger partial charge in [0.2, 0.25) is 0 Å². The Labute approximate surface area is 119 Å². The second-order valence-corrected chi connectivity index (χ2v) is 4.34. The number of rotatable bonds is 3. The average Bonchev–Trinajstić information content (AvgIpc) is 2.90. The maximum Gasteiger partial charge on any atom is 0.416 e. The molecule has 0 amide bonds. The third kappa shape index (κ3) is 3.07. The Hall–Kier alpha value is -2.31. The first-order chi connectivity index (χ1) is 9.86. The number of ether oxygens (including phenoxy) is 1. The maximum atomic E-state index is 12.7. The van der Waals surface area contributed by atoms with Crippen LogP contribution in [0.15, 0.2) is 24.3 Å². The third-order valence-electron chi connectivity index (χ3n) is 2.97. The molecule has 0 saturated carbocycles. The summed E-state index contributed by atoms with van der Waals surface area (Å²) in [5.41, 5.74) is 0.102. The molecule has 0 atom stereocenters. The van der Waals surface area contributed by atoms with Gasteiger partial charge in [-0.25, -0.2) is 9.78 Å². The predicted molar refractivity (Wildman–Crippen MR) is 69.7 cm³/mol. The molecule has 2 rings (SSSR count). The fourth-order valence-electron chi connectivity index (χ4n) is 1.91. The van der Waals surface area contributed by atoms with E-state index in [0.29, 0.717) is 12.1 Å². The van der Waals surface area contributed by atoms with E-state index in [4.69, 9.17) is 0 Å². The molecule has 0 saturated heterocycles. The number of alkyl halides is 3. The van der Waals surface area contributed by atoms with Gasteiger partial charge in [-0.1, -0.05) is 19.1 Å². The summed E-state index contributed by atoms with van der Waals surface area (Å²) in [5, 5.41) is 0. The quantitative estimate of drug-likeness (QED) is 0.883. The zero-order valence-electron chi connectivity index (χ0n) is 11.4. The number of benzene rings is 1. The summed E-state index contributed by atoms with van der Waals surface area (Å²) in [7, 11) is 1.22. The molecule has 1 heterocycles. The van der Waals surface area contributed by atoms with Crippen LogP contribution in [0.5, 0.6) is 0 Å². The summed E-state index contributed by atoms with van der Waals surface area (Å²) < 4.78 is 42.7. The SMILES string of the molecule is CCc1[nH]c(-c2cccc(C(F)(F)F)c2)nc1C(=O)OC. The molecule has 2 aromatic rings. The van der Waals surface area contributed by atoms with Crippen LogP contribution in [-0.2, 0) is 17.3 Å². The lowest BCUT2D eigenvalue weighted by atomic mass is 10.1. The fourth-order valence-corrected chi connectivity index (χ4v) is 1.91. The highest BCUT2D eigenvalue weighted by atomic mass is 19.4. The number of carbonyl (C=O) groups is 1. The monoisotopic (exact) mass is 298 g/mol. The van der Waals surface area contributed by atoms with Crippen LogP contribution in [0.1, 0.15) is 28.7 Å². The highest BCUT2D eigenvalue weighted by Crippen LogP contribution is 2.31. The van der Waals surface area contributed by atoms with Gasteiger partial charge in [-0.3, -0.25) is 0 Å². The minimum atomic E-state index is -4.43. The van der Waals surface area contributed by atoms with Crippen LogP contribution in [-0.4, -0.2) is 23.0 Å². The van der Waals surface area contributed by atoms with Gasteiger partial charge < -0.3 is 9.72 Å². The molecule has 21 heavy (non-hydrogen) atoms. The fraction of sp³-hybridized carbons (Fsp3) is 0.286. The number of nitrogens with one attached hydrogen (secondary N) is 1. The predicted octanol–water partition coefficient (Wildman–Crippen LogP) is 3.44. The van der Waals surface area contributed by atoms with Gasteiger partial charge in [-0.2, -0.15) is 13.2 Å². The second kappa shape index (κ2) is 5.59. The molecular weight excluding hydrogens is 285 g/mol. The molecule has 0 bridgehead atoms. The van der Waals surface area contributed by atoms with Crippen molar-refractivity contribution in [1.82, 2.24) is 9.97 Å². The number of esters is 1. The molecule has 0 unspecified atom stereocenters. The first kappa shape index (κ1) is 15.1. The van der Waals surface area contributed by atoms with Crippen molar-refractivity contribution in [3.8, 4) is 11.4 Å². The van der Waals surface area contributed by atoms with E-state index in [1.54, 1.807) is 6.92 Å². The molecule has 0 aliphatic carbocycles. The normalized spacial score (nSPS) is 11.5. The van der Waals surface area contributed by atoms with Crippen LogP contribution < -0.4 is 0 Å². The number of imidazole rings is 1. The van der Waals surface area contributed by atoms with Gasteiger partial charge in [0, 0.05) is 11.3 Å². The molecular formula is C14H13F3N2O2. The van der Waals surface area contributed by atoms with Crippen molar-refractivity contribution in [2.45, 2.75) is 19.5 Å². The van der Waals surface area contributed by atoms with Crippen molar-refractivity contribution in [3.05, 3.63) is 41.2 Å². The minimum absolute atomic E-state index is 0.0902. The van der Waals surface area contributed by atoms with E-state index >= 15 is 0 Å². The molecule has 1 N–H and O–H groups in total. The van der Waals surface area contributed by atoms with Gasteiger partial charge in [0.05, 0.1) is 12.7 Å². The number of nitrogens with zero attached hydrogens (tertiary/aromatic N) is 1. The van der Waals surface area contributed by atoms with E-state index in [1.807, 2.05) is 0 Å². The highest BCUT2D eigenvalue weighted by molar-refractivity contribution is 5.89. The van der Waals surface area contributed by atoms with E-state index in [9.17, 15) is 18.0 Å². The van der Waals surface area contributed by atoms with Crippen molar-refractivity contribution in [3.63, 3.8) is 0 Å². The molecule has 0 aliphatic heterocycles. The van der Waals surface area contributed by atoms with E-state index < -0.39 is 17.7 Å². The van der Waals surface area contributed by atoms with Gasteiger partial charge in [-0.05, 0) is 18.6 Å². The van der Waals surface area contributed by atoms with E-state index in [1.165, 1.54) is 19.2 Å². The van der Waals surface area contributed by atoms with Crippen LogP contribution in [0.25, 0.3) is 11.4 Å². The van der Waals surface area contributed by atoms with Crippen LogP contribution in [0.4, 0.5) is 13.2 Å². The van der Waals surface area contributed by atoms with Crippen molar-refractivity contribution in [2.75, 3.05) is 7.11 Å². The maximum absolute atomic E-state index is 12.7. The van der Waals surface area contributed by atoms with Crippen LogP contribution >= 0.6 is 0 Å². The standard InChI is InChI=1S/C14H13F3N2O2/c1-3-10-11(13(20)21-2)19-12(18-10)8-5-4-6-9(7-8)14(15,16)17/h4-7H,3H2,1-2H3,(H,18,19). The first-order valence-electron chi connectivity index (χ1n) is 6.21. The molecule has 0 fully saturated rings. The van der Waals surface area contributed by atoms with Gasteiger partial charge in [0.1, 0.15) is 5.82 Å². The lowest BCUT2D eigenvalue weighted by Crippen LogP contribution is -2.05. The molecule has 4 nitrogen and oxygen atoms in total. The number of methoxy groups -OCH3 is 1. The number of aryl methyl sites for hydroxylation is 1. The summed E-state index contributed by atoms with van der Waals surface area (Å²) in [6.45, 7) is 1.80. The smallest absolute Gasteiger partial charge is 0.416 e. The molecule has 112 valence electrons. The second-order valence-electron chi connectivity index (χ2n) is 4.34. The number of aromatic amines is 1. The number of aromatic nitrogens is 2. The number of hydrogen-bond acceptors (Lipinski definition) is 3. The molecule has 0 spiro atoms. The number of H-pyrrole nitrogens is 1. The Morgan fingerprint density at radius 3 is 2.67 bits per heavy atom. The Morgan fingerprint density at radius 1 is 1.38 bits per heavy atom. The van der Waals surface area contributed by atoms with Crippen LogP contribution in [0, 0.1) is 0 Å². The lowest BCUT2D eigenvalue weighted by Gasteiger charge is -2.07. The summed E-state index contributed by atoms with van der Waals surface area (Å²) in [4.78, 5) is 18.5. The largest absolute Gasteiger partial charge is 0.464 e. The summed E-state index contributed by atoms with van der Waals surface area (Å²) in [6, 6.07) is 4.76. The molecule has 0 aliphatic rings.